The van der Waals surface area contributed by atoms with E-state index in [-0.39, 0.29) is 23.8 Å². The molecule has 6 heteroatoms. The molecule has 5 rings (SSSR count). The topological polar surface area (TPSA) is 52.7 Å². The average molecular weight is 480 g/mol. The highest BCUT2D eigenvalue weighted by Gasteiger charge is 2.44. The third kappa shape index (κ3) is 5.01. The fraction of sp³-hybridized carbons (Fsp3) is 0.500. The molecule has 2 amide bonds. The quantitative estimate of drug-likeness (QED) is 0.611. The summed E-state index contributed by atoms with van der Waals surface area (Å²) in [7, 11) is 0. The van der Waals surface area contributed by atoms with E-state index in [4.69, 9.17) is 11.6 Å². The van der Waals surface area contributed by atoms with E-state index in [9.17, 15) is 9.59 Å². The molecule has 0 radical (unpaired) electrons. The monoisotopic (exact) mass is 479 g/mol. The number of hydrogen-bond acceptors (Lipinski definition) is 3. The lowest BCUT2D eigenvalue weighted by molar-refractivity contribution is -0.140. The summed E-state index contributed by atoms with van der Waals surface area (Å²) in [6.07, 6.45) is 5.35. The zero-order valence-corrected chi connectivity index (χ0v) is 20.6. The lowest BCUT2D eigenvalue weighted by Gasteiger charge is -2.41. The van der Waals surface area contributed by atoms with E-state index in [1.165, 1.54) is 18.4 Å². The third-order valence-corrected chi connectivity index (χ3v) is 8.23. The number of benzene rings is 2. The third-order valence-electron chi connectivity index (χ3n) is 7.78. The van der Waals surface area contributed by atoms with Gasteiger partial charge in [-0.3, -0.25) is 14.5 Å². The van der Waals surface area contributed by atoms with Crippen LogP contribution in [-0.4, -0.2) is 47.3 Å². The highest BCUT2D eigenvalue weighted by atomic mass is 35.5. The van der Waals surface area contributed by atoms with Gasteiger partial charge < -0.3 is 10.2 Å². The largest absolute Gasteiger partial charge is 0.337 e. The highest BCUT2D eigenvalue weighted by Crippen LogP contribution is 2.48. The number of piperazine rings is 1. The first kappa shape index (κ1) is 23.4. The first-order valence-electron chi connectivity index (χ1n) is 12.7. The molecule has 0 bridgehead atoms. The van der Waals surface area contributed by atoms with Crippen molar-refractivity contribution in [1.82, 2.24) is 9.80 Å². The van der Waals surface area contributed by atoms with Crippen LogP contribution < -0.4 is 5.32 Å². The second kappa shape index (κ2) is 10.1. The van der Waals surface area contributed by atoms with Crippen molar-refractivity contribution >= 4 is 29.1 Å². The molecule has 1 N–H and O–H groups in total. The number of halogens is 1. The zero-order valence-electron chi connectivity index (χ0n) is 19.9. The minimum absolute atomic E-state index is 0.00783. The van der Waals surface area contributed by atoms with Gasteiger partial charge in [0.2, 0.25) is 11.8 Å². The Bertz CT molecular complexity index is 1040. The molecular weight excluding hydrogens is 446 g/mol. The Balaban J connectivity index is 1.17. The number of amides is 2. The Labute approximate surface area is 207 Å². The fourth-order valence-corrected chi connectivity index (χ4v) is 5.96. The maximum absolute atomic E-state index is 12.9. The number of carbonyl (C=O) groups excluding carboxylic acids is 2. The molecule has 2 aromatic rings. The Hall–Kier alpha value is -2.37. The van der Waals surface area contributed by atoms with Crippen molar-refractivity contribution in [2.24, 2.45) is 11.8 Å². The van der Waals surface area contributed by atoms with Gasteiger partial charge in [-0.25, -0.2) is 0 Å². The van der Waals surface area contributed by atoms with Crippen LogP contribution in [0.4, 0.5) is 5.69 Å². The van der Waals surface area contributed by atoms with Crippen LogP contribution in [-0.2, 0) is 16.1 Å². The summed E-state index contributed by atoms with van der Waals surface area (Å²) >= 11 is 6.75. The van der Waals surface area contributed by atoms with Gasteiger partial charge in [0.1, 0.15) is 0 Å². The maximum Gasteiger partial charge on any atom is 0.228 e. The van der Waals surface area contributed by atoms with Crippen molar-refractivity contribution in [3.8, 4) is 0 Å². The van der Waals surface area contributed by atoms with Gasteiger partial charge in [-0.15, -0.1) is 0 Å². The second-order valence-electron chi connectivity index (χ2n) is 10.2. The van der Waals surface area contributed by atoms with Gasteiger partial charge in [-0.2, -0.15) is 0 Å². The van der Waals surface area contributed by atoms with Crippen LogP contribution >= 0.6 is 11.6 Å². The molecule has 34 heavy (non-hydrogen) atoms. The standard InChI is InChI=1S/C28H34ClN3O2/c1-19-17-31(14-15-32(19)28(34)21-10-5-6-11-21)18-22-12-7-13-25(26(22)29)30-27(33)24-16-23(24)20-8-3-2-4-9-20/h2-4,7-9,12-13,19,21,23-24H,5-6,10-11,14-18H2,1H3,(H,30,33)/t19-,23+,24-/m0/s1. The van der Waals surface area contributed by atoms with Crippen molar-refractivity contribution in [3.05, 3.63) is 64.7 Å². The molecule has 0 unspecified atom stereocenters. The fourth-order valence-electron chi connectivity index (χ4n) is 5.73. The van der Waals surface area contributed by atoms with Crippen molar-refractivity contribution in [2.75, 3.05) is 25.0 Å². The van der Waals surface area contributed by atoms with E-state index in [0.29, 0.717) is 29.1 Å². The number of anilines is 1. The van der Waals surface area contributed by atoms with Crippen molar-refractivity contribution < 1.29 is 9.59 Å². The molecule has 3 aliphatic rings. The second-order valence-corrected chi connectivity index (χ2v) is 10.6. The molecule has 0 spiro atoms. The minimum Gasteiger partial charge on any atom is -0.337 e. The van der Waals surface area contributed by atoms with Crippen LogP contribution in [0.3, 0.4) is 0 Å². The number of nitrogens with zero attached hydrogens (tertiary/aromatic N) is 2. The van der Waals surface area contributed by atoms with Gasteiger partial charge in [0.25, 0.3) is 0 Å². The summed E-state index contributed by atoms with van der Waals surface area (Å²) in [4.78, 5) is 30.2. The van der Waals surface area contributed by atoms with E-state index in [1.807, 2.05) is 36.4 Å². The van der Waals surface area contributed by atoms with E-state index >= 15 is 0 Å². The predicted octanol–water partition coefficient (Wildman–Crippen LogP) is 5.31. The molecule has 1 aliphatic heterocycles. The molecule has 3 fully saturated rings. The highest BCUT2D eigenvalue weighted by molar-refractivity contribution is 6.34. The Morgan fingerprint density at radius 2 is 1.79 bits per heavy atom. The van der Waals surface area contributed by atoms with Gasteiger partial charge in [-0.1, -0.05) is 66.9 Å². The number of carbonyl (C=O) groups is 2. The average Bonchev–Trinajstić information content (AvgIpc) is 3.46. The predicted molar refractivity (Wildman–Crippen MR) is 136 cm³/mol. The van der Waals surface area contributed by atoms with Gasteiger partial charge in [0.15, 0.2) is 0 Å². The molecule has 1 heterocycles. The van der Waals surface area contributed by atoms with Gasteiger partial charge in [0, 0.05) is 44.1 Å². The lowest BCUT2D eigenvalue weighted by Crippen LogP contribution is -2.54. The molecule has 0 aromatic heterocycles. The van der Waals surface area contributed by atoms with E-state index in [2.05, 4.69) is 34.2 Å². The maximum atomic E-state index is 12.9. The molecular formula is C28H34ClN3O2. The van der Waals surface area contributed by atoms with Crippen LogP contribution in [0.1, 0.15) is 56.1 Å². The Morgan fingerprint density at radius 3 is 2.53 bits per heavy atom. The minimum atomic E-state index is 0.00783. The Morgan fingerprint density at radius 1 is 1.03 bits per heavy atom. The summed E-state index contributed by atoms with van der Waals surface area (Å²) < 4.78 is 0. The molecule has 2 aromatic carbocycles. The first-order chi connectivity index (χ1) is 16.5. The SMILES string of the molecule is C[C@H]1CN(Cc2cccc(NC(=O)[C@H]3C[C@@H]3c3ccccc3)c2Cl)CCN1C(=O)C1CCCC1. The van der Waals surface area contributed by atoms with E-state index in [1.54, 1.807) is 0 Å². The van der Waals surface area contributed by atoms with E-state index in [0.717, 1.165) is 44.5 Å². The zero-order chi connectivity index (χ0) is 23.7. The molecule has 180 valence electrons. The summed E-state index contributed by atoms with van der Waals surface area (Å²) in [5.41, 5.74) is 2.92. The number of nitrogens with one attached hydrogen (secondary N) is 1. The summed E-state index contributed by atoms with van der Waals surface area (Å²) in [5.74, 6) is 0.930. The molecule has 2 saturated carbocycles. The van der Waals surface area contributed by atoms with Crippen LogP contribution in [0.5, 0.6) is 0 Å². The van der Waals surface area contributed by atoms with Crippen LogP contribution in [0.2, 0.25) is 5.02 Å². The van der Waals surface area contributed by atoms with E-state index < -0.39 is 0 Å². The van der Waals surface area contributed by atoms with Crippen LogP contribution in [0.15, 0.2) is 48.5 Å². The van der Waals surface area contributed by atoms with Crippen molar-refractivity contribution in [2.45, 2.75) is 57.5 Å². The van der Waals surface area contributed by atoms with Gasteiger partial charge in [-0.05, 0) is 49.3 Å². The molecule has 5 nitrogen and oxygen atoms in total. The molecule has 1 saturated heterocycles. The summed E-state index contributed by atoms with van der Waals surface area (Å²) in [5, 5.41) is 3.68. The van der Waals surface area contributed by atoms with Gasteiger partial charge in [0.05, 0.1) is 10.7 Å². The normalized spacial score (nSPS) is 25.4. The van der Waals surface area contributed by atoms with Crippen molar-refractivity contribution in [1.29, 1.82) is 0 Å². The number of rotatable bonds is 6. The molecule has 3 atom stereocenters. The van der Waals surface area contributed by atoms with Gasteiger partial charge >= 0.3 is 0 Å². The van der Waals surface area contributed by atoms with Crippen LogP contribution in [0, 0.1) is 11.8 Å². The van der Waals surface area contributed by atoms with Crippen LogP contribution in [0.25, 0.3) is 0 Å². The first-order valence-corrected chi connectivity index (χ1v) is 13.0. The summed E-state index contributed by atoms with van der Waals surface area (Å²) in [6.45, 7) is 5.32. The summed E-state index contributed by atoms with van der Waals surface area (Å²) in [6, 6.07) is 16.3. The lowest BCUT2D eigenvalue weighted by atomic mass is 10.0. The van der Waals surface area contributed by atoms with Crippen molar-refractivity contribution in [3.63, 3.8) is 0 Å². The Kier molecular flexibility index (Phi) is 6.94. The number of hydrogen-bond donors (Lipinski definition) is 1. The molecule has 2 aliphatic carbocycles. The smallest absolute Gasteiger partial charge is 0.228 e.